The van der Waals surface area contributed by atoms with Gasteiger partial charge >= 0.3 is 0 Å². The highest BCUT2D eigenvalue weighted by molar-refractivity contribution is 5.81. The highest BCUT2D eigenvalue weighted by Crippen LogP contribution is 2.11. The number of carbonyl (C=O) groups is 2. The Morgan fingerprint density at radius 3 is 2.75 bits per heavy atom. The normalized spacial score (nSPS) is 21.6. The Morgan fingerprint density at radius 2 is 2.25 bits per heavy atom. The van der Waals surface area contributed by atoms with Crippen molar-refractivity contribution in [2.45, 2.75) is 13.3 Å². The Kier molecular flexibility index (Phi) is 4.73. The van der Waals surface area contributed by atoms with E-state index < -0.39 is 0 Å². The van der Waals surface area contributed by atoms with E-state index in [1.165, 1.54) is 0 Å². The second-order valence-electron chi connectivity index (χ2n) is 4.42. The van der Waals surface area contributed by atoms with Gasteiger partial charge in [0.25, 0.3) is 0 Å². The number of hydrogen-bond donors (Lipinski definition) is 2. The van der Waals surface area contributed by atoms with Crippen LogP contribution in [0.1, 0.15) is 13.3 Å². The van der Waals surface area contributed by atoms with Crippen LogP contribution >= 0.6 is 0 Å². The summed E-state index contributed by atoms with van der Waals surface area (Å²) >= 11 is 0. The van der Waals surface area contributed by atoms with Crippen molar-refractivity contribution < 1.29 is 9.59 Å². The first-order chi connectivity index (χ1) is 7.56. The first-order valence-electron chi connectivity index (χ1n) is 5.73. The number of nitrogens with one attached hydrogen (secondary N) is 2. The molecule has 92 valence electrons. The Hall–Kier alpha value is -1.10. The SMILES string of the molecule is CNC(=O)C(C)CN(C)C(=O)C1CCNC1. The van der Waals surface area contributed by atoms with E-state index in [-0.39, 0.29) is 23.7 Å². The van der Waals surface area contributed by atoms with Gasteiger partial charge in [0.15, 0.2) is 0 Å². The van der Waals surface area contributed by atoms with Gasteiger partial charge in [-0.05, 0) is 13.0 Å². The molecule has 0 spiro atoms. The quantitative estimate of drug-likeness (QED) is 0.676. The van der Waals surface area contributed by atoms with E-state index >= 15 is 0 Å². The summed E-state index contributed by atoms with van der Waals surface area (Å²) in [5.74, 6) is 0.0418. The molecule has 2 N–H and O–H groups in total. The molecule has 0 aromatic heterocycles. The molecule has 5 heteroatoms. The molecule has 2 atom stereocenters. The monoisotopic (exact) mass is 227 g/mol. The van der Waals surface area contributed by atoms with Gasteiger partial charge in [-0.15, -0.1) is 0 Å². The minimum atomic E-state index is -0.159. The Labute approximate surface area is 96.6 Å². The number of carbonyl (C=O) groups excluding carboxylic acids is 2. The summed E-state index contributed by atoms with van der Waals surface area (Å²) in [6.45, 7) is 3.98. The van der Waals surface area contributed by atoms with Crippen LogP contribution in [0.3, 0.4) is 0 Å². The molecule has 2 unspecified atom stereocenters. The lowest BCUT2D eigenvalue weighted by Gasteiger charge is -2.23. The second kappa shape index (κ2) is 5.84. The predicted octanol–water partition coefficient (Wildman–Crippen LogP) is -0.564. The maximum absolute atomic E-state index is 11.9. The van der Waals surface area contributed by atoms with Crippen molar-refractivity contribution in [1.29, 1.82) is 0 Å². The van der Waals surface area contributed by atoms with E-state index in [1.54, 1.807) is 19.0 Å². The minimum Gasteiger partial charge on any atom is -0.359 e. The highest BCUT2D eigenvalue weighted by atomic mass is 16.2. The van der Waals surface area contributed by atoms with Crippen molar-refractivity contribution in [2.75, 3.05) is 33.7 Å². The molecule has 0 radical (unpaired) electrons. The van der Waals surface area contributed by atoms with Gasteiger partial charge in [-0.2, -0.15) is 0 Å². The molecule has 0 aliphatic carbocycles. The van der Waals surface area contributed by atoms with Crippen LogP contribution in [0.4, 0.5) is 0 Å². The Balaban J connectivity index is 2.41. The van der Waals surface area contributed by atoms with Crippen LogP contribution in [0.15, 0.2) is 0 Å². The fraction of sp³-hybridized carbons (Fsp3) is 0.818. The molecule has 1 saturated heterocycles. The number of hydrogen-bond acceptors (Lipinski definition) is 3. The van der Waals surface area contributed by atoms with Gasteiger partial charge in [0, 0.05) is 27.2 Å². The van der Waals surface area contributed by atoms with E-state index in [0.29, 0.717) is 6.54 Å². The van der Waals surface area contributed by atoms with Gasteiger partial charge in [-0.1, -0.05) is 6.92 Å². The number of nitrogens with zero attached hydrogens (tertiary/aromatic N) is 1. The molecular weight excluding hydrogens is 206 g/mol. The molecule has 1 aliphatic rings. The van der Waals surface area contributed by atoms with Gasteiger partial charge in [0.05, 0.1) is 11.8 Å². The van der Waals surface area contributed by atoms with Gasteiger partial charge in [-0.3, -0.25) is 9.59 Å². The third-order valence-corrected chi connectivity index (χ3v) is 3.03. The molecular formula is C11H21N3O2. The lowest BCUT2D eigenvalue weighted by atomic mass is 10.1. The molecule has 16 heavy (non-hydrogen) atoms. The zero-order valence-electron chi connectivity index (χ0n) is 10.2. The van der Waals surface area contributed by atoms with Gasteiger partial charge in [0.2, 0.25) is 11.8 Å². The number of rotatable bonds is 4. The maximum Gasteiger partial charge on any atom is 0.226 e. The largest absolute Gasteiger partial charge is 0.359 e. The first-order valence-corrected chi connectivity index (χ1v) is 5.73. The van der Waals surface area contributed by atoms with Crippen LogP contribution in [0.5, 0.6) is 0 Å². The molecule has 0 saturated carbocycles. The maximum atomic E-state index is 11.9. The van der Waals surface area contributed by atoms with Gasteiger partial charge < -0.3 is 15.5 Å². The van der Waals surface area contributed by atoms with Crippen molar-refractivity contribution in [3.63, 3.8) is 0 Å². The Morgan fingerprint density at radius 1 is 1.56 bits per heavy atom. The fourth-order valence-electron chi connectivity index (χ4n) is 2.01. The van der Waals surface area contributed by atoms with Crippen molar-refractivity contribution in [3.05, 3.63) is 0 Å². The van der Waals surface area contributed by atoms with Crippen LogP contribution in [-0.2, 0) is 9.59 Å². The summed E-state index contributed by atoms with van der Waals surface area (Å²) in [5, 5.41) is 5.76. The van der Waals surface area contributed by atoms with Gasteiger partial charge in [0.1, 0.15) is 0 Å². The Bertz CT molecular complexity index is 262. The second-order valence-corrected chi connectivity index (χ2v) is 4.42. The van der Waals surface area contributed by atoms with E-state index in [2.05, 4.69) is 10.6 Å². The van der Waals surface area contributed by atoms with Gasteiger partial charge in [-0.25, -0.2) is 0 Å². The van der Waals surface area contributed by atoms with Crippen LogP contribution in [0, 0.1) is 11.8 Å². The molecule has 2 amide bonds. The highest BCUT2D eigenvalue weighted by Gasteiger charge is 2.26. The summed E-state index contributed by atoms with van der Waals surface area (Å²) in [6, 6.07) is 0. The third kappa shape index (κ3) is 3.20. The molecule has 5 nitrogen and oxygen atoms in total. The van der Waals surface area contributed by atoms with Crippen LogP contribution in [0.25, 0.3) is 0 Å². The van der Waals surface area contributed by atoms with Crippen molar-refractivity contribution >= 4 is 11.8 Å². The summed E-state index contributed by atoms with van der Waals surface area (Å²) in [6.07, 6.45) is 0.900. The summed E-state index contributed by atoms with van der Waals surface area (Å²) in [7, 11) is 3.38. The lowest BCUT2D eigenvalue weighted by molar-refractivity contribution is -0.135. The summed E-state index contributed by atoms with van der Waals surface area (Å²) in [4.78, 5) is 24.9. The van der Waals surface area contributed by atoms with E-state index in [9.17, 15) is 9.59 Å². The van der Waals surface area contributed by atoms with E-state index in [4.69, 9.17) is 0 Å². The number of amides is 2. The van der Waals surface area contributed by atoms with Crippen molar-refractivity contribution in [2.24, 2.45) is 11.8 Å². The van der Waals surface area contributed by atoms with Crippen LogP contribution < -0.4 is 10.6 Å². The molecule has 1 rings (SSSR count). The van der Waals surface area contributed by atoms with Crippen molar-refractivity contribution in [3.8, 4) is 0 Å². The third-order valence-electron chi connectivity index (χ3n) is 3.03. The zero-order valence-corrected chi connectivity index (χ0v) is 10.2. The molecule has 0 bridgehead atoms. The smallest absolute Gasteiger partial charge is 0.226 e. The predicted molar refractivity (Wildman–Crippen MR) is 61.8 cm³/mol. The van der Waals surface area contributed by atoms with E-state index in [1.807, 2.05) is 6.92 Å². The topological polar surface area (TPSA) is 61.4 Å². The summed E-state index contributed by atoms with van der Waals surface area (Å²) < 4.78 is 0. The molecule has 0 aromatic carbocycles. The fourth-order valence-corrected chi connectivity index (χ4v) is 2.01. The first kappa shape index (κ1) is 13.0. The van der Waals surface area contributed by atoms with Crippen molar-refractivity contribution in [1.82, 2.24) is 15.5 Å². The average Bonchev–Trinajstić information content (AvgIpc) is 2.79. The molecule has 1 fully saturated rings. The van der Waals surface area contributed by atoms with Crippen LogP contribution in [-0.4, -0.2) is 50.4 Å². The zero-order chi connectivity index (χ0) is 12.1. The molecule has 0 aromatic rings. The minimum absolute atomic E-state index is 0.0239. The lowest BCUT2D eigenvalue weighted by Crippen LogP contribution is -2.40. The average molecular weight is 227 g/mol. The summed E-state index contributed by atoms with van der Waals surface area (Å²) in [5.41, 5.74) is 0. The molecule has 1 aliphatic heterocycles. The standard InChI is InChI=1S/C11H21N3O2/c1-8(10(15)12-2)7-14(3)11(16)9-4-5-13-6-9/h8-9,13H,4-7H2,1-3H3,(H,12,15). The van der Waals surface area contributed by atoms with E-state index in [0.717, 1.165) is 19.5 Å². The van der Waals surface area contributed by atoms with Crippen LogP contribution in [0.2, 0.25) is 0 Å². The molecule has 1 heterocycles.